The van der Waals surface area contributed by atoms with Gasteiger partial charge in [0.05, 0.1) is 12.5 Å². The first kappa shape index (κ1) is 14.0. The van der Waals surface area contributed by atoms with E-state index in [1.807, 2.05) is 31.2 Å². The summed E-state index contributed by atoms with van der Waals surface area (Å²) in [6, 6.07) is 7.75. The molecule has 4 nitrogen and oxygen atoms in total. The molecule has 2 rings (SSSR count). The van der Waals surface area contributed by atoms with Gasteiger partial charge in [-0.1, -0.05) is 36.7 Å². The summed E-state index contributed by atoms with van der Waals surface area (Å²) in [7, 11) is 0. The topological polar surface area (TPSA) is 51.0 Å². The average molecular weight is 280 g/mol. The molecule has 0 amide bonds. The third-order valence-electron chi connectivity index (χ3n) is 2.85. The summed E-state index contributed by atoms with van der Waals surface area (Å²) in [4.78, 5) is 0. The van der Waals surface area contributed by atoms with E-state index in [9.17, 15) is 0 Å². The molecule has 1 atom stereocenters. The largest absolute Gasteiger partial charge is 0.423 e. The molecule has 102 valence electrons. The van der Waals surface area contributed by atoms with E-state index in [2.05, 4.69) is 22.4 Å². The third kappa shape index (κ3) is 3.78. The Morgan fingerprint density at radius 3 is 2.84 bits per heavy atom. The van der Waals surface area contributed by atoms with Gasteiger partial charge in [0, 0.05) is 5.02 Å². The zero-order valence-corrected chi connectivity index (χ0v) is 11.9. The van der Waals surface area contributed by atoms with E-state index in [4.69, 9.17) is 16.0 Å². The second-order valence-corrected chi connectivity index (χ2v) is 4.89. The minimum Gasteiger partial charge on any atom is -0.423 e. The number of nitrogens with one attached hydrogen (secondary N) is 1. The van der Waals surface area contributed by atoms with Crippen molar-refractivity contribution < 1.29 is 4.42 Å². The zero-order valence-electron chi connectivity index (χ0n) is 11.2. The van der Waals surface area contributed by atoms with Gasteiger partial charge in [-0.15, -0.1) is 10.2 Å². The molecule has 0 saturated heterocycles. The normalized spacial score (nSPS) is 12.6. The van der Waals surface area contributed by atoms with Crippen molar-refractivity contribution in [1.29, 1.82) is 0 Å². The first-order chi connectivity index (χ1) is 9.20. The predicted molar refractivity (Wildman–Crippen MR) is 75.3 cm³/mol. The molecular weight excluding hydrogens is 262 g/mol. The van der Waals surface area contributed by atoms with Crippen molar-refractivity contribution in [1.82, 2.24) is 15.5 Å². The maximum atomic E-state index is 6.11. The third-order valence-corrected chi connectivity index (χ3v) is 3.22. The molecule has 1 N–H and O–H groups in total. The van der Waals surface area contributed by atoms with Gasteiger partial charge in [0.25, 0.3) is 0 Å². The van der Waals surface area contributed by atoms with Crippen LogP contribution in [0.3, 0.4) is 0 Å². The molecule has 0 bridgehead atoms. The summed E-state index contributed by atoms with van der Waals surface area (Å²) in [5.74, 6) is 1.21. The molecule has 0 aliphatic heterocycles. The van der Waals surface area contributed by atoms with Gasteiger partial charge in [-0.25, -0.2) is 0 Å². The number of aromatic nitrogens is 2. The van der Waals surface area contributed by atoms with Gasteiger partial charge in [0.2, 0.25) is 11.8 Å². The molecule has 0 spiro atoms. The zero-order chi connectivity index (χ0) is 13.7. The van der Waals surface area contributed by atoms with Gasteiger partial charge in [-0.2, -0.15) is 0 Å². The summed E-state index contributed by atoms with van der Waals surface area (Å²) in [5.41, 5.74) is 0.994. The molecule has 0 saturated carbocycles. The van der Waals surface area contributed by atoms with Crippen molar-refractivity contribution in [3.8, 4) is 0 Å². The van der Waals surface area contributed by atoms with E-state index < -0.39 is 0 Å². The van der Waals surface area contributed by atoms with Crippen molar-refractivity contribution in [2.75, 3.05) is 6.54 Å². The van der Waals surface area contributed by atoms with Gasteiger partial charge in [-0.3, -0.25) is 0 Å². The van der Waals surface area contributed by atoms with Crippen molar-refractivity contribution in [2.45, 2.75) is 32.7 Å². The van der Waals surface area contributed by atoms with Crippen LogP contribution in [0.15, 0.2) is 28.7 Å². The molecule has 2 aromatic rings. The Hall–Kier alpha value is -1.39. The SMILES string of the molecule is CCCNC(C)c1nnc(Cc2ccccc2Cl)o1. The summed E-state index contributed by atoms with van der Waals surface area (Å²) in [6.07, 6.45) is 1.64. The Balaban J connectivity index is 2.03. The minimum absolute atomic E-state index is 0.0763. The lowest BCUT2D eigenvalue weighted by Crippen LogP contribution is -2.19. The number of benzene rings is 1. The lowest BCUT2D eigenvalue weighted by atomic mass is 10.1. The minimum atomic E-state index is 0.0763. The van der Waals surface area contributed by atoms with Crippen LogP contribution in [0.4, 0.5) is 0 Å². The molecular formula is C14H18ClN3O. The maximum Gasteiger partial charge on any atom is 0.233 e. The molecule has 1 aromatic carbocycles. The van der Waals surface area contributed by atoms with Gasteiger partial charge >= 0.3 is 0 Å². The monoisotopic (exact) mass is 279 g/mol. The van der Waals surface area contributed by atoms with Crippen molar-refractivity contribution in [3.05, 3.63) is 46.6 Å². The molecule has 5 heteroatoms. The fourth-order valence-electron chi connectivity index (χ4n) is 1.77. The van der Waals surface area contributed by atoms with Crippen LogP contribution >= 0.6 is 11.6 Å². The Labute approximate surface area is 118 Å². The van der Waals surface area contributed by atoms with Crippen LogP contribution < -0.4 is 5.32 Å². The van der Waals surface area contributed by atoms with Gasteiger partial charge in [-0.05, 0) is 31.5 Å². The van der Waals surface area contributed by atoms with Crippen LogP contribution in [0, 0.1) is 0 Å². The van der Waals surface area contributed by atoms with E-state index in [1.54, 1.807) is 0 Å². The summed E-state index contributed by atoms with van der Waals surface area (Å²) < 4.78 is 5.66. The lowest BCUT2D eigenvalue weighted by Gasteiger charge is -2.07. The maximum absolute atomic E-state index is 6.11. The molecule has 0 fully saturated rings. The summed E-state index contributed by atoms with van der Waals surface area (Å²) in [6.45, 7) is 5.07. The van der Waals surface area contributed by atoms with Crippen molar-refractivity contribution in [3.63, 3.8) is 0 Å². The van der Waals surface area contributed by atoms with Gasteiger partial charge in [0.15, 0.2) is 0 Å². The Kier molecular flexibility index (Phi) is 4.93. The molecule has 0 aliphatic rings. The van der Waals surface area contributed by atoms with E-state index in [1.165, 1.54) is 0 Å². The van der Waals surface area contributed by atoms with Crippen molar-refractivity contribution >= 4 is 11.6 Å². The predicted octanol–water partition coefficient (Wildman–Crippen LogP) is 3.37. The van der Waals surface area contributed by atoms with E-state index in [0.717, 1.165) is 23.6 Å². The number of hydrogen-bond acceptors (Lipinski definition) is 4. The van der Waals surface area contributed by atoms with Crippen molar-refractivity contribution in [2.24, 2.45) is 0 Å². The lowest BCUT2D eigenvalue weighted by molar-refractivity contribution is 0.397. The molecule has 1 aromatic heterocycles. The van der Waals surface area contributed by atoms with Gasteiger partial charge in [0.1, 0.15) is 0 Å². The van der Waals surface area contributed by atoms with Crippen LogP contribution in [0.5, 0.6) is 0 Å². The fraction of sp³-hybridized carbons (Fsp3) is 0.429. The summed E-state index contributed by atoms with van der Waals surface area (Å²) >= 11 is 6.11. The van der Waals surface area contributed by atoms with E-state index >= 15 is 0 Å². The highest BCUT2D eigenvalue weighted by atomic mass is 35.5. The highest BCUT2D eigenvalue weighted by molar-refractivity contribution is 6.31. The van der Waals surface area contributed by atoms with Crippen LogP contribution in [0.2, 0.25) is 5.02 Å². The Morgan fingerprint density at radius 2 is 2.11 bits per heavy atom. The smallest absolute Gasteiger partial charge is 0.233 e. The van der Waals surface area contributed by atoms with Gasteiger partial charge < -0.3 is 9.73 Å². The van der Waals surface area contributed by atoms with Crippen LogP contribution in [-0.2, 0) is 6.42 Å². The fourth-order valence-corrected chi connectivity index (χ4v) is 1.97. The number of halogens is 1. The number of nitrogens with zero attached hydrogens (tertiary/aromatic N) is 2. The van der Waals surface area contributed by atoms with Crippen LogP contribution in [-0.4, -0.2) is 16.7 Å². The second-order valence-electron chi connectivity index (χ2n) is 4.48. The molecule has 0 aliphatic carbocycles. The Morgan fingerprint density at radius 1 is 1.32 bits per heavy atom. The highest BCUT2D eigenvalue weighted by Gasteiger charge is 2.13. The molecule has 0 radical (unpaired) electrons. The first-order valence-corrected chi connectivity index (χ1v) is 6.87. The Bertz CT molecular complexity index is 527. The quantitative estimate of drug-likeness (QED) is 0.881. The standard InChI is InChI=1S/C14H18ClN3O/c1-3-8-16-10(2)14-18-17-13(19-14)9-11-6-4-5-7-12(11)15/h4-7,10,16H,3,8-9H2,1-2H3. The molecule has 19 heavy (non-hydrogen) atoms. The summed E-state index contributed by atoms with van der Waals surface area (Å²) in [5, 5.41) is 12.2. The second kappa shape index (κ2) is 6.68. The van der Waals surface area contributed by atoms with E-state index in [0.29, 0.717) is 18.2 Å². The van der Waals surface area contributed by atoms with E-state index in [-0.39, 0.29) is 6.04 Å². The van der Waals surface area contributed by atoms with Crippen LogP contribution in [0.1, 0.15) is 43.7 Å². The highest BCUT2D eigenvalue weighted by Crippen LogP contribution is 2.19. The van der Waals surface area contributed by atoms with Crippen LogP contribution in [0.25, 0.3) is 0 Å². The number of hydrogen-bond donors (Lipinski definition) is 1. The molecule has 1 heterocycles. The first-order valence-electron chi connectivity index (χ1n) is 6.49. The number of rotatable bonds is 6. The average Bonchev–Trinajstić information content (AvgIpc) is 2.87. The molecule has 1 unspecified atom stereocenters.